The number of piperidine rings is 1. The van der Waals surface area contributed by atoms with Gasteiger partial charge in [-0.05, 0) is 42.7 Å². The zero-order valence-electron chi connectivity index (χ0n) is 11.6. The molecule has 0 N–H and O–H groups in total. The predicted octanol–water partition coefficient (Wildman–Crippen LogP) is 4.37. The summed E-state index contributed by atoms with van der Waals surface area (Å²) in [5, 5.41) is 0. The highest BCUT2D eigenvalue weighted by Crippen LogP contribution is 2.45. The van der Waals surface area contributed by atoms with Crippen LogP contribution in [-0.2, 0) is 5.88 Å². The van der Waals surface area contributed by atoms with Gasteiger partial charge in [-0.2, -0.15) is 0 Å². The molecule has 0 atom stereocenters. The Morgan fingerprint density at radius 2 is 1.84 bits per heavy atom. The van der Waals surface area contributed by atoms with E-state index in [9.17, 15) is 0 Å². The largest absolute Gasteiger partial charge is 0.370 e. The van der Waals surface area contributed by atoms with Crippen LogP contribution >= 0.6 is 11.6 Å². The van der Waals surface area contributed by atoms with Crippen molar-refractivity contribution < 1.29 is 0 Å². The molecule has 1 aliphatic heterocycles. The van der Waals surface area contributed by atoms with Gasteiger partial charge < -0.3 is 4.90 Å². The van der Waals surface area contributed by atoms with Crippen molar-refractivity contribution in [2.45, 2.75) is 50.8 Å². The van der Waals surface area contributed by atoms with Gasteiger partial charge >= 0.3 is 0 Å². The van der Waals surface area contributed by atoms with Crippen molar-refractivity contribution in [3.05, 3.63) is 24.0 Å². The van der Waals surface area contributed by atoms with Gasteiger partial charge in [0.2, 0.25) is 0 Å². The van der Waals surface area contributed by atoms with E-state index >= 15 is 0 Å². The highest BCUT2D eigenvalue weighted by Gasteiger charge is 2.35. The minimum Gasteiger partial charge on any atom is -0.370 e. The Labute approximate surface area is 121 Å². The van der Waals surface area contributed by atoms with E-state index in [0.29, 0.717) is 11.3 Å². The summed E-state index contributed by atoms with van der Waals surface area (Å²) in [5.41, 5.74) is 3.14. The minimum atomic E-state index is 0.583. The summed E-state index contributed by atoms with van der Waals surface area (Å²) in [4.78, 5) is 6.76. The van der Waals surface area contributed by atoms with E-state index in [0.717, 1.165) is 0 Å². The van der Waals surface area contributed by atoms with E-state index in [1.54, 1.807) is 0 Å². The number of rotatable bonds is 2. The molecule has 3 rings (SSSR count). The van der Waals surface area contributed by atoms with Gasteiger partial charge in [0, 0.05) is 25.2 Å². The maximum absolute atomic E-state index is 6.04. The Bertz CT molecular complexity index is 417. The third-order valence-electron chi connectivity index (χ3n) is 5.11. The lowest BCUT2D eigenvalue weighted by atomic mass is 9.68. The molecule has 0 bridgehead atoms. The van der Waals surface area contributed by atoms with Crippen LogP contribution in [0, 0.1) is 5.41 Å². The molecule has 1 saturated carbocycles. The number of aromatic nitrogens is 1. The Balaban J connectivity index is 1.69. The lowest BCUT2D eigenvalue weighted by Gasteiger charge is -2.45. The molecule has 2 fully saturated rings. The summed E-state index contributed by atoms with van der Waals surface area (Å²) >= 11 is 6.04. The molecule has 2 heterocycles. The van der Waals surface area contributed by atoms with Crippen LogP contribution in [0.3, 0.4) is 0 Å². The first-order valence-electron chi connectivity index (χ1n) is 7.57. The van der Waals surface area contributed by atoms with E-state index in [1.165, 1.54) is 69.3 Å². The molecule has 2 nitrogen and oxygen atoms in total. The van der Waals surface area contributed by atoms with Gasteiger partial charge in [-0.15, -0.1) is 11.6 Å². The molecular weight excluding hydrogens is 256 g/mol. The third kappa shape index (κ3) is 2.74. The molecule has 19 heavy (non-hydrogen) atoms. The van der Waals surface area contributed by atoms with Crippen LogP contribution in [0.5, 0.6) is 0 Å². The van der Waals surface area contributed by atoms with Crippen LogP contribution in [0.15, 0.2) is 18.5 Å². The predicted molar refractivity (Wildman–Crippen MR) is 80.8 cm³/mol. The fourth-order valence-corrected chi connectivity index (χ4v) is 4.06. The van der Waals surface area contributed by atoms with Crippen molar-refractivity contribution in [1.82, 2.24) is 4.98 Å². The van der Waals surface area contributed by atoms with Crippen LogP contribution < -0.4 is 4.90 Å². The molecule has 1 aromatic rings. The zero-order valence-corrected chi connectivity index (χ0v) is 12.3. The Morgan fingerprint density at radius 3 is 2.53 bits per heavy atom. The number of anilines is 1. The van der Waals surface area contributed by atoms with Crippen molar-refractivity contribution >= 4 is 17.3 Å². The van der Waals surface area contributed by atoms with Crippen molar-refractivity contribution in [2.75, 3.05) is 18.0 Å². The maximum Gasteiger partial charge on any atom is 0.0597 e. The van der Waals surface area contributed by atoms with Crippen molar-refractivity contribution in [3.63, 3.8) is 0 Å². The number of nitrogens with zero attached hydrogens (tertiary/aromatic N) is 2. The smallest absolute Gasteiger partial charge is 0.0597 e. The van der Waals surface area contributed by atoms with Crippen LogP contribution in [0.2, 0.25) is 0 Å². The first kappa shape index (κ1) is 13.2. The second-order valence-corrected chi connectivity index (χ2v) is 6.45. The monoisotopic (exact) mass is 278 g/mol. The topological polar surface area (TPSA) is 16.1 Å². The summed E-state index contributed by atoms with van der Waals surface area (Å²) in [6.07, 6.45) is 13.8. The summed E-state index contributed by atoms with van der Waals surface area (Å²) in [5.74, 6) is 0.583. The van der Waals surface area contributed by atoms with E-state index in [1.807, 2.05) is 18.5 Å². The van der Waals surface area contributed by atoms with E-state index in [4.69, 9.17) is 11.6 Å². The summed E-state index contributed by atoms with van der Waals surface area (Å²) in [6, 6.07) is 2.05. The van der Waals surface area contributed by atoms with Gasteiger partial charge in [0.15, 0.2) is 0 Å². The van der Waals surface area contributed by atoms with E-state index in [-0.39, 0.29) is 0 Å². The van der Waals surface area contributed by atoms with Crippen LogP contribution in [0.1, 0.15) is 50.5 Å². The van der Waals surface area contributed by atoms with Crippen LogP contribution in [0.25, 0.3) is 0 Å². The average Bonchev–Trinajstić information content (AvgIpc) is 2.49. The van der Waals surface area contributed by atoms with Crippen LogP contribution in [0.4, 0.5) is 5.69 Å². The fourth-order valence-electron chi connectivity index (χ4n) is 3.84. The Hall–Kier alpha value is -0.760. The molecule has 1 aliphatic carbocycles. The molecule has 0 aromatic carbocycles. The highest BCUT2D eigenvalue weighted by molar-refractivity contribution is 6.17. The van der Waals surface area contributed by atoms with Gasteiger partial charge in [-0.3, -0.25) is 4.98 Å². The third-order valence-corrected chi connectivity index (χ3v) is 5.40. The molecule has 1 spiro atoms. The van der Waals surface area contributed by atoms with Crippen molar-refractivity contribution in [1.29, 1.82) is 0 Å². The molecule has 0 unspecified atom stereocenters. The van der Waals surface area contributed by atoms with E-state index in [2.05, 4.69) is 9.88 Å². The standard InChI is InChI=1S/C16H23ClN2/c17-12-14-4-9-18-13-15(14)19-10-7-16(8-11-19)5-2-1-3-6-16/h4,9,13H,1-3,5-8,10-12H2. The first-order valence-corrected chi connectivity index (χ1v) is 8.10. The van der Waals surface area contributed by atoms with Gasteiger partial charge in [-0.25, -0.2) is 0 Å². The molecule has 3 heteroatoms. The second kappa shape index (κ2) is 5.70. The molecule has 0 radical (unpaired) electrons. The molecule has 1 saturated heterocycles. The summed E-state index contributed by atoms with van der Waals surface area (Å²) in [6.45, 7) is 2.35. The van der Waals surface area contributed by atoms with Crippen molar-refractivity contribution in [2.24, 2.45) is 5.41 Å². The van der Waals surface area contributed by atoms with Gasteiger partial charge in [0.25, 0.3) is 0 Å². The fraction of sp³-hybridized carbons (Fsp3) is 0.688. The average molecular weight is 279 g/mol. The van der Waals surface area contributed by atoms with Gasteiger partial charge in [0.05, 0.1) is 11.9 Å². The molecule has 104 valence electrons. The molecule has 2 aliphatic rings. The SMILES string of the molecule is ClCc1ccncc1N1CCC2(CCCCC2)CC1. The number of hydrogen-bond acceptors (Lipinski definition) is 2. The quantitative estimate of drug-likeness (QED) is 0.747. The lowest BCUT2D eigenvalue weighted by molar-refractivity contribution is 0.144. The number of halogens is 1. The Kier molecular flexibility index (Phi) is 3.97. The number of alkyl halides is 1. The first-order chi connectivity index (χ1) is 9.33. The van der Waals surface area contributed by atoms with Crippen molar-refractivity contribution in [3.8, 4) is 0 Å². The number of pyridine rings is 1. The van der Waals surface area contributed by atoms with E-state index < -0.39 is 0 Å². The molecule has 1 aromatic heterocycles. The number of hydrogen-bond donors (Lipinski definition) is 0. The minimum absolute atomic E-state index is 0.583. The molecule has 0 amide bonds. The summed E-state index contributed by atoms with van der Waals surface area (Å²) in [7, 11) is 0. The van der Waals surface area contributed by atoms with Crippen LogP contribution in [-0.4, -0.2) is 18.1 Å². The normalized spacial score (nSPS) is 22.7. The highest BCUT2D eigenvalue weighted by atomic mass is 35.5. The van der Waals surface area contributed by atoms with Gasteiger partial charge in [0.1, 0.15) is 0 Å². The zero-order chi connectivity index (χ0) is 13.1. The van der Waals surface area contributed by atoms with Gasteiger partial charge in [-0.1, -0.05) is 19.3 Å². The Morgan fingerprint density at radius 1 is 1.11 bits per heavy atom. The maximum atomic E-state index is 6.04. The lowest BCUT2D eigenvalue weighted by Crippen LogP contribution is -2.41. The second-order valence-electron chi connectivity index (χ2n) is 6.19. The molecular formula is C16H23ClN2. The summed E-state index contributed by atoms with van der Waals surface area (Å²) < 4.78 is 0.